The fourth-order valence-electron chi connectivity index (χ4n) is 6.21. The Kier molecular flexibility index (Phi) is 6.98. The molecule has 4 aromatic rings. The van der Waals surface area contributed by atoms with Crippen molar-refractivity contribution >= 4 is 0 Å². The fraction of sp³-hybridized carbons (Fsp3) is 0.382. The third-order valence-electron chi connectivity index (χ3n) is 8.38. The molecule has 2 aromatic carbocycles. The van der Waals surface area contributed by atoms with Crippen LogP contribution in [0.3, 0.4) is 0 Å². The van der Waals surface area contributed by atoms with Crippen LogP contribution in [0.1, 0.15) is 89.5 Å². The fourth-order valence-corrected chi connectivity index (χ4v) is 6.21. The molecule has 2 heterocycles. The van der Waals surface area contributed by atoms with Crippen molar-refractivity contribution in [3.05, 3.63) is 124 Å². The minimum Gasteiger partial charge on any atom is -0.260 e. The van der Waals surface area contributed by atoms with Gasteiger partial charge in [-0.15, -0.1) is 0 Å². The lowest BCUT2D eigenvalue weighted by Gasteiger charge is -2.41. The van der Waals surface area contributed by atoms with E-state index in [0.717, 1.165) is 29.1 Å². The van der Waals surface area contributed by atoms with Crippen LogP contribution < -0.4 is 0 Å². The van der Waals surface area contributed by atoms with Crippen LogP contribution in [0.4, 0.5) is 0 Å². The van der Waals surface area contributed by atoms with Crippen LogP contribution in [-0.2, 0) is 17.3 Å². The second kappa shape index (κ2) is 10.2. The highest BCUT2D eigenvalue weighted by Gasteiger charge is 2.40. The van der Waals surface area contributed by atoms with Crippen molar-refractivity contribution in [1.29, 1.82) is 0 Å². The maximum Gasteiger partial charge on any atom is 0.140 e. The molecular formula is C34H39N3. The number of aryl methyl sites for hydroxylation is 4. The Labute approximate surface area is 222 Å². The van der Waals surface area contributed by atoms with Gasteiger partial charge in [-0.2, -0.15) is 0 Å². The van der Waals surface area contributed by atoms with Gasteiger partial charge in [0.25, 0.3) is 0 Å². The van der Waals surface area contributed by atoms with Crippen molar-refractivity contribution < 1.29 is 0 Å². The van der Waals surface area contributed by atoms with E-state index in [1.165, 1.54) is 59.9 Å². The molecule has 1 fully saturated rings. The molecule has 37 heavy (non-hydrogen) atoms. The molecule has 0 saturated heterocycles. The Hall–Kier alpha value is -3.33. The van der Waals surface area contributed by atoms with E-state index in [0.29, 0.717) is 0 Å². The Morgan fingerprint density at radius 3 is 1.95 bits per heavy atom. The van der Waals surface area contributed by atoms with Crippen molar-refractivity contribution in [2.24, 2.45) is 0 Å². The van der Waals surface area contributed by atoms with Gasteiger partial charge < -0.3 is 0 Å². The molecule has 3 nitrogen and oxygen atoms in total. The summed E-state index contributed by atoms with van der Waals surface area (Å²) in [5.74, 6) is 0.829. The van der Waals surface area contributed by atoms with Crippen molar-refractivity contribution in [1.82, 2.24) is 15.0 Å². The predicted octanol–water partition coefficient (Wildman–Crippen LogP) is 7.90. The van der Waals surface area contributed by atoms with Crippen LogP contribution >= 0.6 is 0 Å². The van der Waals surface area contributed by atoms with Crippen molar-refractivity contribution in [2.75, 3.05) is 0 Å². The minimum atomic E-state index is -0.451. The van der Waals surface area contributed by atoms with Crippen molar-refractivity contribution in [3.63, 3.8) is 0 Å². The van der Waals surface area contributed by atoms with E-state index in [9.17, 15) is 0 Å². The number of hydrogen-bond acceptors (Lipinski definition) is 3. The second-order valence-corrected chi connectivity index (χ2v) is 11.5. The zero-order valence-electron chi connectivity index (χ0n) is 23.0. The SMILES string of the molecule is Cc1ccc(C2(c3ccc(C)cc3CC(C)(c3ccc(C)cn3)c3ncc(C)cn3)CCCCC2)cc1. The van der Waals surface area contributed by atoms with Crippen LogP contribution in [0.25, 0.3) is 0 Å². The highest BCUT2D eigenvalue weighted by Crippen LogP contribution is 2.47. The first kappa shape index (κ1) is 25.3. The maximum atomic E-state index is 4.92. The summed E-state index contributed by atoms with van der Waals surface area (Å²) in [4.78, 5) is 14.6. The van der Waals surface area contributed by atoms with Gasteiger partial charge in [0, 0.05) is 24.0 Å². The van der Waals surface area contributed by atoms with Gasteiger partial charge in [-0.1, -0.05) is 78.9 Å². The Balaban J connectivity index is 1.68. The molecule has 190 valence electrons. The van der Waals surface area contributed by atoms with Crippen LogP contribution in [0.2, 0.25) is 0 Å². The van der Waals surface area contributed by atoms with E-state index in [4.69, 9.17) is 15.0 Å². The van der Waals surface area contributed by atoms with E-state index < -0.39 is 5.41 Å². The normalized spacial score (nSPS) is 16.8. The first-order valence-electron chi connectivity index (χ1n) is 13.7. The summed E-state index contributed by atoms with van der Waals surface area (Å²) in [6.45, 7) is 10.8. The van der Waals surface area contributed by atoms with Crippen LogP contribution in [0.15, 0.2) is 73.2 Å². The molecule has 0 amide bonds. The van der Waals surface area contributed by atoms with Gasteiger partial charge in [0.05, 0.1) is 11.1 Å². The number of rotatable bonds is 6. The smallest absolute Gasteiger partial charge is 0.140 e. The predicted molar refractivity (Wildman–Crippen MR) is 152 cm³/mol. The van der Waals surface area contributed by atoms with Gasteiger partial charge in [-0.25, -0.2) is 9.97 Å². The van der Waals surface area contributed by atoms with Gasteiger partial charge >= 0.3 is 0 Å². The average molecular weight is 490 g/mol. The largest absolute Gasteiger partial charge is 0.260 e. The molecule has 1 unspecified atom stereocenters. The summed E-state index contributed by atoms with van der Waals surface area (Å²) >= 11 is 0. The van der Waals surface area contributed by atoms with Crippen molar-refractivity contribution in [2.45, 2.75) is 84.0 Å². The third-order valence-corrected chi connectivity index (χ3v) is 8.38. The first-order chi connectivity index (χ1) is 17.8. The van der Waals surface area contributed by atoms with Crippen LogP contribution in [0, 0.1) is 27.7 Å². The maximum absolute atomic E-state index is 4.92. The minimum absolute atomic E-state index is 0.0325. The molecule has 3 heteroatoms. The van der Waals surface area contributed by atoms with Gasteiger partial charge in [-0.3, -0.25) is 4.98 Å². The molecule has 0 N–H and O–H groups in total. The Bertz CT molecular complexity index is 1300. The molecule has 1 saturated carbocycles. The average Bonchev–Trinajstić information content (AvgIpc) is 2.90. The van der Waals surface area contributed by atoms with E-state index in [-0.39, 0.29) is 5.41 Å². The lowest BCUT2D eigenvalue weighted by Crippen LogP contribution is -2.35. The highest BCUT2D eigenvalue weighted by molar-refractivity contribution is 5.48. The zero-order valence-corrected chi connectivity index (χ0v) is 23.0. The summed E-state index contributed by atoms with van der Waals surface area (Å²) in [6, 6.07) is 20.7. The molecule has 5 rings (SSSR count). The summed E-state index contributed by atoms with van der Waals surface area (Å²) < 4.78 is 0. The molecule has 0 aliphatic heterocycles. The van der Waals surface area contributed by atoms with Gasteiger partial charge in [0.1, 0.15) is 5.82 Å². The molecule has 0 radical (unpaired) electrons. The zero-order chi connectivity index (χ0) is 26.0. The van der Waals surface area contributed by atoms with E-state index in [1.807, 2.05) is 25.5 Å². The number of pyridine rings is 1. The van der Waals surface area contributed by atoms with Crippen molar-refractivity contribution in [3.8, 4) is 0 Å². The van der Waals surface area contributed by atoms with Gasteiger partial charge in [0.2, 0.25) is 0 Å². The Morgan fingerprint density at radius 1 is 0.676 bits per heavy atom. The van der Waals surface area contributed by atoms with E-state index in [2.05, 4.69) is 82.3 Å². The van der Waals surface area contributed by atoms with Crippen LogP contribution in [-0.4, -0.2) is 15.0 Å². The number of nitrogens with zero attached hydrogens (tertiary/aromatic N) is 3. The van der Waals surface area contributed by atoms with E-state index in [1.54, 1.807) is 0 Å². The molecule has 1 aliphatic carbocycles. The number of aromatic nitrogens is 3. The summed E-state index contributed by atoms with van der Waals surface area (Å²) in [5.41, 5.74) is 9.73. The first-order valence-corrected chi connectivity index (χ1v) is 13.7. The summed E-state index contributed by atoms with van der Waals surface area (Å²) in [7, 11) is 0. The molecule has 0 bridgehead atoms. The molecule has 1 aliphatic rings. The van der Waals surface area contributed by atoms with E-state index >= 15 is 0 Å². The highest BCUT2D eigenvalue weighted by atomic mass is 14.9. The molecule has 2 aromatic heterocycles. The van der Waals surface area contributed by atoms with Crippen LogP contribution in [0.5, 0.6) is 0 Å². The van der Waals surface area contributed by atoms with Gasteiger partial charge in [-0.05, 0) is 87.8 Å². The molecule has 1 atom stereocenters. The monoisotopic (exact) mass is 489 g/mol. The summed E-state index contributed by atoms with van der Waals surface area (Å²) in [6.07, 6.45) is 12.8. The standard InChI is InChI=1S/C34H39N3/c1-24-9-13-29(14-10-24)34(17-7-6-8-18-34)30-15-11-25(2)19-28(30)20-33(5,31-16-12-26(3)21-35-31)32-36-22-27(4)23-37-32/h9-16,19,21-23H,6-8,17-18,20H2,1-5H3. The molecule has 0 spiro atoms. The number of benzene rings is 2. The lowest BCUT2D eigenvalue weighted by molar-refractivity contribution is 0.342. The van der Waals surface area contributed by atoms with Gasteiger partial charge in [0.15, 0.2) is 0 Å². The molecular weight excluding hydrogens is 450 g/mol. The lowest BCUT2D eigenvalue weighted by atomic mass is 9.63. The second-order valence-electron chi connectivity index (χ2n) is 11.5. The third kappa shape index (κ3) is 4.97. The summed E-state index contributed by atoms with van der Waals surface area (Å²) in [5, 5.41) is 0. The number of hydrogen-bond donors (Lipinski definition) is 0. The quantitative estimate of drug-likeness (QED) is 0.276. The topological polar surface area (TPSA) is 38.7 Å². The Morgan fingerprint density at radius 2 is 1.30 bits per heavy atom.